The second-order valence-electron chi connectivity index (χ2n) is 4.65. The Kier molecular flexibility index (Phi) is 4.82. The zero-order chi connectivity index (χ0) is 11.2. The molecule has 1 fully saturated rings. The third-order valence-electron chi connectivity index (χ3n) is 3.41. The van der Waals surface area contributed by atoms with E-state index in [0.717, 1.165) is 12.5 Å². The molecule has 1 saturated heterocycles. The molecule has 2 rings (SSSR count). The van der Waals surface area contributed by atoms with Crippen molar-refractivity contribution in [3.8, 4) is 0 Å². The van der Waals surface area contributed by atoms with Crippen LogP contribution in [0.25, 0.3) is 0 Å². The fraction of sp³-hybridized carbons (Fsp3) is 0.692. The highest BCUT2D eigenvalue weighted by atomic mass is 32.1. The Labute approximate surface area is 103 Å². The summed E-state index contributed by atoms with van der Waals surface area (Å²) in [4.78, 5) is 2.58. The molecule has 0 aliphatic carbocycles. The smallest absolute Gasteiger partial charge is 0.0241 e. The Morgan fingerprint density at radius 3 is 2.88 bits per heavy atom. The lowest BCUT2D eigenvalue weighted by atomic mass is 9.97. The van der Waals surface area contributed by atoms with Gasteiger partial charge in [0.1, 0.15) is 0 Å². The van der Waals surface area contributed by atoms with Crippen LogP contribution >= 0.6 is 11.3 Å². The summed E-state index contributed by atoms with van der Waals surface area (Å²) in [6.07, 6.45) is 2.69. The van der Waals surface area contributed by atoms with Crippen LogP contribution in [-0.4, -0.2) is 31.1 Å². The van der Waals surface area contributed by atoms with E-state index in [4.69, 9.17) is 0 Å². The standard InChI is InChI=1S/C13H22N2S/c1-2-15(10-13-5-8-16-11-13)9-12-3-6-14-7-4-12/h5,8,11-12,14H,2-4,6-7,9-10H2,1H3. The minimum atomic E-state index is 0.903. The van der Waals surface area contributed by atoms with E-state index in [1.165, 1.54) is 44.6 Å². The van der Waals surface area contributed by atoms with Crippen LogP contribution in [0.3, 0.4) is 0 Å². The monoisotopic (exact) mass is 238 g/mol. The first-order chi connectivity index (χ1) is 7.88. The van der Waals surface area contributed by atoms with Crippen molar-refractivity contribution in [3.63, 3.8) is 0 Å². The highest BCUT2D eigenvalue weighted by Gasteiger charge is 2.16. The first-order valence-corrected chi connectivity index (χ1v) is 7.27. The van der Waals surface area contributed by atoms with Crippen molar-refractivity contribution in [1.82, 2.24) is 10.2 Å². The third kappa shape index (κ3) is 3.58. The summed E-state index contributed by atoms with van der Waals surface area (Å²) in [6, 6.07) is 2.25. The normalized spacial score (nSPS) is 18.1. The molecular formula is C13H22N2S. The molecule has 1 aliphatic heterocycles. The molecule has 3 heteroatoms. The lowest BCUT2D eigenvalue weighted by molar-refractivity contribution is 0.207. The highest BCUT2D eigenvalue weighted by Crippen LogP contribution is 2.16. The predicted molar refractivity (Wildman–Crippen MR) is 70.9 cm³/mol. The average molecular weight is 238 g/mol. The molecule has 1 aliphatic rings. The molecule has 16 heavy (non-hydrogen) atoms. The summed E-state index contributed by atoms with van der Waals surface area (Å²) in [7, 11) is 0. The topological polar surface area (TPSA) is 15.3 Å². The summed E-state index contributed by atoms with van der Waals surface area (Å²) in [5, 5.41) is 7.88. The zero-order valence-electron chi connectivity index (χ0n) is 10.1. The number of hydrogen-bond acceptors (Lipinski definition) is 3. The van der Waals surface area contributed by atoms with E-state index in [1.807, 2.05) is 0 Å². The number of nitrogens with one attached hydrogen (secondary N) is 1. The molecule has 1 aromatic rings. The summed E-state index contributed by atoms with van der Waals surface area (Å²) in [6.45, 7) is 8.26. The summed E-state index contributed by atoms with van der Waals surface area (Å²) < 4.78 is 0. The third-order valence-corrected chi connectivity index (χ3v) is 4.14. The van der Waals surface area contributed by atoms with Gasteiger partial charge < -0.3 is 5.32 Å². The van der Waals surface area contributed by atoms with Gasteiger partial charge in [0, 0.05) is 13.1 Å². The fourth-order valence-electron chi connectivity index (χ4n) is 2.38. The summed E-state index contributed by atoms with van der Waals surface area (Å²) >= 11 is 1.80. The van der Waals surface area contributed by atoms with E-state index >= 15 is 0 Å². The molecule has 0 atom stereocenters. The van der Waals surface area contributed by atoms with Gasteiger partial charge in [0.15, 0.2) is 0 Å². The van der Waals surface area contributed by atoms with Gasteiger partial charge >= 0.3 is 0 Å². The molecule has 2 heterocycles. The van der Waals surface area contributed by atoms with E-state index in [0.29, 0.717) is 0 Å². The molecule has 0 amide bonds. The van der Waals surface area contributed by atoms with Gasteiger partial charge in [-0.15, -0.1) is 0 Å². The maximum Gasteiger partial charge on any atom is 0.0241 e. The van der Waals surface area contributed by atoms with Crippen LogP contribution in [0.2, 0.25) is 0 Å². The molecular weight excluding hydrogens is 216 g/mol. The summed E-state index contributed by atoms with van der Waals surface area (Å²) in [5.41, 5.74) is 1.47. The number of rotatable bonds is 5. The maximum atomic E-state index is 3.43. The Hall–Kier alpha value is -0.380. The molecule has 0 aromatic carbocycles. The number of hydrogen-bond donors (Lipinski definition) is 1. The lowest BCUT2D eigenvalue weighted by Crippen LogP contribution is -2.35. The molecule has 1 N–H and O–H groups in total. The van der Waals surface area contributed by atoms with Crippen molar-refractivity contribution in [2.24, 2.45) is 5.92 Å². The van der Waals surface area contributed by atoms with Crippen LogP contribution in [0.1, 0.15) is 25.3 Å². The van der Waals surface area contributed by atoms with Gasteiger partial charge in [-0.25, -0.2) is 0 Å². The van der Waals surface area contributed by atoms with Crippen molar-refractivity contribution in [1.29, 1.82) is 0 Å². The van der Waals surface area contributed by atoms with E-state index in [1.54, 1.807) is 11.3 Å². The van der Waals surface area contributed by atoms with Gasteiger partial charge in [0.2, 0.25) is 0 Å². The second-order valence-corrected chi connectivity index (χ2v) is 5.43. The molecule has 0 unspecified atom stereocenters. The molecule has 0 bridgehead atoms. The van der Waals surface area contributed by atoms with Crippen molar-refractivity contribution < 1.29 is 0 Å². The van der Waals surface area contributed by atoms with E-state index in [2.05, 4.69) is 34.0 Å². The number of piperidine rings is 1. The van der Waals surface area contributed by atoms with Crippen molar-refractivity contribution in [3.05, 3.63) is 22.4 Å². The first-order valence-electron chi connectivity index (χ1n) is 6.32. The Morgan fingerprint density at radius 1 is 1.44 bits per heavy atom. The summed E-state index contributed by atoms with van der Waals surface area (Å²) in [5.74, 6) is 0.903. The van der Waals surface area contributed by atoms with Gasteiger partial charge in [0.05, 0.1) is 0 Å². The van der Waals surface area contributed by atoms with E-state index < -0.39 is 0 Å². The van der Waals surface area contributed by atoms with Crippen molar-refractivity contribution in [2.45, 2.75) is 26.3 Å². The second kappa shape index (κ2) is 6.38. The number of thiophene rings is 1. The highest BCUT2D eigenvalue weighted by molar-refractivity contribution is 7.07. The van der Waals surface area contributed by atoms with Gasteiger partial charge in [-0.2, -0.15) is 11.3 Å². The molecule has 1 aromatic heterocycles. The van der Waals surface area contributed by atoms with E-state index in [9.17, 15) is 0 Å². The van der Waals surface area contributed by atoms with Crippen LogP contribution in [-0.2, 0) is 6.54 Å². The van der Waals surface area contributed by atoms with Crippen LogP contribution < -0.4 is 5.32 Å². The van der Waals surface area contributed by atoms with Gasteiger partial charge in [-0.1, -0.05) is 6.92 Å². The van der Waals surface area contributed by atoms with Gasteiger partial charge in [-0.05, 0) is 60.8 Å². The van der Waals surface area contributed by atoms with Gasteiger partial charge in [-0.3, -0.25) is 4.90 Å². The molecule has 0 radical (unpaired) electrons. The Balaban J connectivity index is 1.80. The fourth-order valence-corrected chi connectivity index (χ4v) is 3.04. The zero-order valence-corrected chi connectivity index (χ0v) is 10.9. The molecule has 2 nitrogen and oxygen atoms in total. The first kappa shape index (κ1) is 12.1. The van der Waals surface area contributed by atoms with Gasteiger partial charge in [0.25, 0.3) is 0 Å². The van der Waals surface area contributed by atoms with E-state index in [-0.39, 0.29) is 0 Å². The maximum absolute atomic E-state index is 3.43. The predicted octanol–water partition coefficient (Wildman–Crippen LogP) is 2.57. The van der Waals surface area contributed by atoms with Crippen molar-refractivity contribution in [2.75, 3.05) is 26.2 Å². The molecule has 0 saturated carbocycles. The largest absolute Gasteiger partial charge is 0.317 e. The average Bonchev–Trinajstić information content (AvgIpc) is 2.82. The Bertz CT molecular complexity index is 278. The van der Waals surface area contributed by atoms with Crippen LogP contribution in [0.15, 0.2) is 16.8 Å². The number of nitrogens with zero attached hydrogens (tertiary/aromatic N) is 1. The SMILES string of the molecule is CCN(Cc1ccsc1)CC1CCNCC1. The van der Waals surface area contributed by atoms with Crippen molar-refractivity contribution >= 4 is 11.3 Å². The van der Waals surface area contributed by atoms with Crippen LogP contribution in [0, 0.1) is 5.92 Å². The lowest BCUT2D eigenvalue weighted by Gasteiger charge is -2.29. The molecule has 0 spiro atoms. The minimum absolute atomic E-state index is 0.903. The Morgan fingerprint density at radius 2 is 2.25 bits per heavy atom. The van der Waals surface area contributed by atoms with Crippen LogP contribution in [0.5, 0.6) is 0 Å². The minimum Gasteiger partial charge on any atom is -0.317 e. The van der Waals surface area contributed by atoms with Crippen LogP contribution in [0.4, 0.5) is 0 Å². The quantitative estimate of drug-likeness (QED) is 0.848. The molecule has 90 valence electrons.